The maximum Gasteiger partial charge on any atom is 0.293 e. The quantitative estimate of drug-likeness (QED) is 0.587. The summed E-state index contributed by atoms with van der Waals surface area (Å²) in [4.78, 5) is 22.9. The Labute approximate surface area is 98.9 Å². The number of hydrogen-bond donors (Lipinski definition) is 2. The van der Waals surface area contributed by atoms with Gasteiger partial charge in [0.25, 0.3) is 11.7 Å². The average Bonchev–Trinajstić information content (AvgIpc) is 2.52. The van der Waals surface area contributed by atoms with Crippen LogP contribution in [0.1, 0.15) is 12.8 Å². The minimum atomic E-state index is -0.573. The smallest absolute Gasteiger partial charge is 0.293 e. The average molecular weight is 231 g/mol. The fraction of sp³-hybridized carbons (Fsp3) is 0.250. The van der Waals surface area contributed by atoms with Crippen LogP contribution in [0.5, 0.6) is 0 Å². The molecule has 17 heavy (non-hydrogen) atoms. The highest BCUT2D eigenvalue weighted by molar-refractivity contribution is 6.65. The zero-order valence-electron chi connectivity index (χ0n) is 9.27. The third-order valence-corrected chi connectivity index (χ3v) is 2.44. The van der Waals surface area contributed by atoms with Crippen molar-refractivity contribution in [3.63, 3.8) is 0 Å². The summed E-state index contributed by atoms with van der Waals surface area (Å²) in [6, 6.07) is 9.30. The molecule has 1 saturated heterocycles. The number of hydrazone groups is 1. The van der Waals surface area contributed by atoms with Crippen LogP contribution in [0, 0.1) is 0 Å². The molecule has 1 heterocycles. The van der Waals surface area contributed by atoms with Crippen molar-refractivity contribution in [3.05, 3.63) is 30.3 Å². The second kappa shape index (κ2) is 5.25. The number of Topliss-reactive ketones (excluding diaryl/α,β-unsaturated/α-hetero) is 1. The molecule has 0 radical (unpaired) electrons. The van der Waals surface area contributed by atoms with E-state index >= 15 is 0 Å². The van der Waals surface area contributed by atoms with Crippen molar-refractivity contribution >= 4 is 23.1 Å². The van der Waals surface area contributed by atoms with Crippen molar-refractivity contribution in [2.24, 2.45) is 5.10 Å². The first-order chi connectivity index (χ1) is 8.27. The van der Waals surface area contributed by atoms with Gasteiger partial charge < -0.3 is 5.32 Å². The van der Waals surface area contributed by atoms with Gasteiger partial charge in [0.2, 0.25) is 0 Å². The predicted molar refractivity (Wildman–Crippen MR) is 64.8 cm³/mol. The Kier molecular flexibility index (Phi) is 3.49. The minimum absolute atomic E-state index is 0.281. The molecule has 2 N–H and O–H groups in total. The molecule has 0 aliphatic carbocycles. The maximum absolute atomic E-state index is 11.6. The minimum Gasteiger partial charge on any atom is -0.349 e. The number of nitrogens with one attached hydrogen (secondary N) is 2. The molecular weight excluding hydrogens is 218 g/mol. The Morgan fingerprint density at radius 3 is 2.71 bits per heavy atom. The largest absolute Gasteiger partial charge is 0.349 e. The summed E-state index contributed by atoms with van der Waals surface area (Å²) in [5.41, 5.74) is 3.85. The van der Waals surface area contributed by atoms with Crippen LogP contribution in [-0.4, -0.2) is 23.9 Å². The fourth-order valence-corrected chi connectivity index (χ4v) is 1.53. The number of benzene rings is 1. The first kappa shape index (κ1) is 11.3. The van der Waals surface area contributed by atoms with Crippen molar-refractivity contribution < 1.29 is 9.59 Å². The van der Waals surface area contributed by atoms with E-state index in [-0.39, 0.29) is 5.71 Å². The number of amides is 1. The summed E-state index contributed by atoms with van der Waals surface area (Å²) in [7, 11) is 0. The fourth-order valence-electron chi connectivity index (χ4n) is 1.53. The van der Waals surface area contributed by atoms with Crippen molar-refractivity contribution in [3.8, 4) is 0 Å². The van der Waals surface area contributed by atoms with Gasteiger partial charge in [-0.3, -0.25) is 15.0 Å². The van der Waals surface area contributed by atoms with Gasteiger partial charge in [-0.15, -0.1) is 0 Å². The number of carbonyl (C=O) groups excluding carboxylic acids is 2. The summed E-state index contributed by atoms with van der Waals surface area (Å²) in [5, 5.41) is 6.53. The first-order valence-electron chi connectivity index (χ1n) is 5.47. The van der Waals surface area contributed by atoms with Crippen LogP contribution in [-0.2, 0) is 9.59 Å². The number of carbonyl (C=O) groups is 2. The summed E-state index contributed by atoms with van der Waals surface area (Å²) < 4.78 is 0. The summed E-state index contributed by atoms with van der Waals surface area (Å²) in [6.07, 6.45) is 1.24. The van der Waals surface area contributed by atoms with E-state index in [1.165, 1.54) is 0 Å². The number of hydrogen-bond acceptors (Lipinski definition) is 4. The van der Waals surface area contributed by atoms with Gasteiger partial charge in [0.05, 0.1) is 5.69 Å². The van der Waals surface area contributed by atoms with Crippen LogP contribution in [0.15, 0.2) is 35.4 Å². The van der Waals surface area contributed by atoms with E-state index in [0.717, 1.165) is 12.1 Å². The zero-order chi connectivity index (χ0) is 12.1. The van der Waals surface area contributed by atoms with Crippen molar-refractivity contribution in [1.82, 2.24) is 5.32 Å². The van der Waals surface area contributed by atoms with Crippen LogP contribution < -0.4 is 10.7 Å². The van der Waals surface area contributed by atoms with Gasteiger partial charge in [-0.25, -0.2) is 0 Å². The highest BCUT2D eigenvalue weighted by Crippen LogP contribution is 2.06. The van der Waals surface area contributed by atoms with Crippen LogP contribution in [0.2, 0.25) is 0 Å². The van der Waals surface area contributed by atoms with E-state index in [2.05, 4.69) is 15.8 Å². The molecular formula is C12H13N3O2. The molecule has 1 fully saturated rings. The Balaban J connectivity index is 2.10. The van der Waals surface area contributed by atoms with Crippen LogP contribution >= 0.6 is 0 Å². The Hall–Kier alpha value is -2.17. The molecule has 1 amide bonds. The monoisotopic (exact) mass is 231 g/mol. The summed E-state index contributed by atoms with van der Waals surface area (Å²) >= 11 is 0. The van der Waals surface area contributed by atoms with Crippen LogP contribution in [0.3, 0.4) is 0 Å². The van der Waals surface area contributed by atoms with Gasteiger partial charge >= 0.3 is 0 Å². The van der Waals surface area contributed by atoms with Crippen LogP contribution in [0.25, 0.3) is 0 Å². The second-order valence-electron chi connectivity index (χ2n) is 3.72. The molecule has 0 spiro atoms. The number of rotatable bonds is 2. The van der Waals surface area contributed by atoms with Crippen molar-refractivity contribution in [2.45, 2.75) is 12.8 Å². The van der Waals surface area contributed by atoms with Gasteiger partial charge in [-0.05, 0) is 25.0 Å². The van der Waals surface area contributed by atoms with E-state index in [1.54, 1.807) is 0 Å². The van der Waals surface area contributed by atoms with E-state index in [0.29, 0.717) is 13.0 Å². The van der Waals surface area contributed by atoms with Gasteiger partial charge in [0.1, 0.15) is 5.71 Å². The Morgan fingerprint density at radius 2 is 1.94 bits per heavy atom. The van der Waals surface area contributed by atoms with Crippen LogP contribution in [0.4, 0.5) is 5.69 Å². The predicted octanol–water partition coefficient (Wildman–Crippen LogP) is 0.934. The molecule has 0 atom stereocenters. The lowest BCUT2D eigenvalue weighted by Gasteiger charge is -2.02. The molecule has 5 nitrogen and oxygen atoms in total. The maximum atomic E-state index is 11.6. The van der Waals surface area contributed by atoms with Gasteiger partial charge in [0, 0.05) is 6.54 Å². The molecule has 0 unspecified atom stereocenters. The molecule has 2 rings (SSSR count). The Morgan fingerprint density at radius 1 is 1.18 bits per heavy atom. The standard InChI is InChI=1S/C12H13N3O2/c16-11-10(7-4-8-13-12(11)17)15-14-9-5-2-1-3-6-9/h1-3,5-6,14H,4,7-8H2,(H,13,17)/b15-10+. The molecule has 1 aromatic carbocycles. The molecule has 1 aliphatic heterocycles. The number of anilines is 1. The van der Waals surface area contributed by atoms with E-state index in [9.17, 15) is 9.59 Å². The van der Waals surface area contributed by atoms with Crippen molar-refractivity contribution in [1.29, 1.82) is 0 Å². The number of para-hydroxylation sites is 1. The topological polar surface area (TPSA) is 70.6 Å². The highest BCUT2D eigenvalue weighted by Gasteiger charge is 2.23. The molecule has 1 aliphatic rings. The first-order valence-corrected chi connectivity index (χ1v) is 5.47. The van der Waals surface area contributed by atoms with E-state index in [1.807, 2.05) is 30.3 Å². The van der Waals surface area contributed by atoms with Gasteiger partial charge in [-0.2, -0.15) is 5.10 Å². The second-order valence-corrected chi connectivity index (χ2v) is 3.72. The molecule has 5 heteroatoms. The lowest BCUT2D eigenvalue weighted by atomic mass is 10.1. The molecule has 0 aromatic heterocycles. The van der Waals surface area contributed by atoms with E-state index in [4.69, 9.17) is 0 Å². The zero-order valence-corrected chi connectivity index (χ0v) is 9.27. The normalized spacial score (nSPS) is 18.7. The van der Waals surface area contributed by atoms with E-state index < -0.39 is 11.7 Å². The highest BCUT2D eigenvalue weighted by atomic mass is 16.2. The van der Waals surface area contributed by atoms with Gasteiger partial charge in [-0.1, -0.05) is 18.2 Å². The summed E-state index contributed by atoms with van der Waals surface area (Å²) in [5.74, 6) is -1.12. The SMILES string of the molecule is O=C1NCCC/C(=N\Nc2ccccc2)C1=O. The Bertz CT molecular complexity index is 454. The van der Waals surface area contributed by atoms with Gasteiger partial charge in [0.15, 0.2) is 0 Å². The number of nitrogens with zero attached hydrogens (tertiary/aromatic N) is 1. The molecule has 1 aromatic rings. The van der Waals surface area contributed by atoms with Crippen molar-refractivity contribution in [2.75, 3.05) is 12.0 Å². The summed E-state index contributed by atoms with van der Waals surface area (Å²) in [6.45, 7) is 0.523. The third-order valence-electron chi connectivity index (χ3n) is 2.44. The lowest BCUT2D eigenvalue weighted by molar-refractivity contribution is -0.134. The lowest BCUT2D eigenvalue weighted by Crippen LogP contribution is -2.32. The molecule has 0 saturated carbocycles. The number of ketones is 1. The molecule has 88 valence electrons. The third kappa shape index (κ3) is 2.90. The molecule has 0 bridgehead atoms.